The van der Waals surface area contributed by atoms with E-state index in [2.05, 4.69) is 5.32 Å². The van der Waals surface area contributed by atoms with E-state index in [0.29, 0.717) is 6.42 Å². The lowest BCUT2D eigenvalue weighted by atomic mass is 10.1. The maximum absolute atomic E-state index is 12.9. The van der Waals surface area contributed by atoms with Gasteiger partial charge in [-0.3, -0.25) is 19.3 Å². The molecule has 3 rings (SSSR count). The third-order valence-corrected chi connectivity index (χ3v) is 6.08. The molecule has 0 spiro atoms. The summed E-state index contributed by atoms with van der Waals surface area (Å²) in [6.45, 7) is 2.19. The van der Waals surface area contributed by atoms with Crippen molar-refractivity contribution in [2.45, 2.75) is 30.4 Å². The van der Waals surface area contributed by atoms with Gasteiger partial charge in [-0.2, -0.15) is 8.78 Å². The lowest BCUT2D eigenvalue weighted by molar-refractivity contribution is 0.0652. The number of rotatable bonds is 7. The van der Waals surface area contributed by atoms with Crippen LogP contribution >= 0.6 is 0 Å². The number of carbonyl (C=O) groups is 3. The van der Waals surface area contributed by atoms with E-state index in [9.17, 15) is 31.6 Å². The molecule has 7 nitrogen and oxygen atoms in total. The molecule has 1 heterocycles. The average molecular weight is 436 g/mol. The molecule has 0 aliphatic carbocycles. The quantitative estimate of drug-likeness (QED) is 0.671. The molecule has 158 valence electrons. The Morgan fingerprint density at radius 2 is 1.73 bits per heavy atom. The van der Waals surface area contributed by atoms with Crippen molar-refractivity contribution in [3.05, 3.63) is 59.2 Å². The van der Waals surface area contributed by atoms with E-state index >= 15 is 0 Å². The molecule has 3 amide bonds. The third kappa shape index (κ3) is 3.82. The summed E-state index contributed by atoms with van der Waals surface area (Å²) in [6, 6.07) is 8.69. The molecule has 1 N–H and O–H groups in total. The van der Waals surface area contributed by atoms with Crippen LogP contribution in [0, 0.1) is 0 Å². The van der Waals surface area contributed by atoms with Crippen LogP contribution in [0.25, 0.3) is 0 Å². The smallest absolute Gasteiger partial charge is 0.321 e. The summed E-state index contributed by atoms with van der Waals surface area (Å²) in [7, 11) is -4.93. The van der Waals surface area contributed by atoms with Gasteiger partial charge in [-0.25, -0.2) is 8.42 Å². The van der Waals surface area contributed by atoms with E-state index in [1.807, 2.05) is 6.92 Å². The van der Waals surface area contributed by atoms with E-state index < -0.39 is 38.2 Å². The summed E-state index contributed by atoms with van der Waals surface area (Å²) in [5.41, 5.74) is -0.0858. The zero-order valence-electron chi connectivity index (χ0n) is 15.9. The SMILES string of the molecule is CCCCN1C(=O)c2ccc(C(=O)Nc3ccccc3S(=O)(=O)C(F)F)cc2C1=O. The molecule has 30 heavy (non-hydrogen) atoms. The minimum atomic E-state index is -4.93. The minimum Gasteiger partial charge on any atom is -0.321 e. The van der Waals surface area contributed by atoms with Crippen molar-refractivity contribution in [1.82, 2.24) is 4.90 Å². The minimum absolute atomic E-state index is 0.0171. The van der Waals surface area contributed by atoms with Crippen molar-refractivity contribution < 1.29 is 31.6 Å². The van der Waals surface area contributed by atoms with Gasteiger partial charge in [-0.1, -0.05) is 25.5 Å². The standard InChI is InChI=1S/C20H18F2N2O5S/c1-2-3-10-24-18(26)13-9-8-12(11-14(13)19(24)27)17(25)23-15-6-4-5-7-16(15)30(28,29)20(21)22/h4-9,11,20H,2-3,10H2,1H3,(H,23,25). The van der Waals surface area contributed by atoms with Crippen LogP contribution in [0.15, 0.2) is 47.4 Å². The Balaban J connectivity index is 1.89. The highest BCUT2D eigenvalue weighted by Gasteiger charge is 2.35. The molecule has 0 bridgehead atoms. The molecular formula is C20H18F2N2O5S. The first-order valence-corrected chi connectivity index (χ1v) is 10.7. The number of nitrogens with one attached hydrogen (secondary N) is 1. The largest absolute Gasteiger partial charge is 0.341 e. The van der Waals surface area contributed by atoms with Crippen molar-refractivity contribution in [2.75, 3.05) is 11.9 Å². The summed E-state index contributed by atoms with van der Waals surface area (Å²) in [5, 5.41) is 2.29. The van der Waals surface area contributed by atoms with E-state index in [0.717, 1.165) is 17.4 Å². The number of sulfone groups is 1. The number of hydrogen-bond acceptors (Lipinski definition) is 5. The predicted octanol–water partition coefficient (Wildman–Crippen LogP) is 3.33. The fourth-order valence-corrected chi connectivity index (χ4v) is 3.95. The number of benzene rings is 2. The van der Waals surface area contributed by atoms with Gasteiger partial charge in [0.1, 0.15) is 0 Å². The maximum Gasteiger partial charge on any atom is 0.341 e. The van der Waals surface area contributed by atoms with Gasteiger partial charge in [-0.15, -0.1) is 0 Å². The first-order valence-electron chi connectivity index (χ1n) is 9.11. The second-order valence-corrected chi connectivity index (χ2v) is 8.52. The van der Waals surface area contributed by atoms with Crippen molar-refractivity contribution in [3.63, 3.8) is 0 Å². The normalized spacial score (nSPS) is 13.7. The monoisotopic (exact) mass is 436 g/mol. The van der Waals surface area contributed by atoms with Crippen LogP contribution in [0.1, 0.15) is 50.8 Å². The second kappa shape index (κ2) is 8.31. The molecule has 0 fully saturated rings. The van der Waals surface area contributed by atoms with E-state index in [4.69, 9.17) is 0 Å². The number of unbranched alkanes of at least 4 members (excludes halogenated alkanes) is 1. The first-order chi connectivity index (χ1) is 14.2. The zero-order chi connectivity index (χ0) is 22.1. The topological polar surface area (TPSA) is 101 Å². The molecular weight excluding hydrogens is 418 g/mol. The first kappa shape index (κ1) is 21.6. The number of imide groups is 1. The number of halogens is 2. The molecule has 1 aliphatic rings. The van der Waals surface area contributed by atoms with Gasteiger partial charge in [0.25, 0.3) is 17.7 Å². The number of carbonyl (C=O) groups excluding carboxylic acids is 3. The Labute approximate surface area is 171 Å². The van der Waals surface area contributed by atoms with E-state index in [1.54, 1.807) is 0 Å². The fourth-order valence-electron chi connectivity index (χ4n) is 3.06. The van der Waals surface area contributed by atoms with Crippen LogP contribution in [0.4, 0.5) is 14.5 Å². The second-order valence-electron chi connectivity index (χ2n) is 6.63. The molecule has 1 aliphatic heterocycles. The maximum atomic E-state index is 12.9. The highest BCUT2D eigenvalue weighted by Crippen LogP contribution is 2.28. The Bertz CT molecular complexity index is 1130. The molecule has 0 aromatic heterocycles. The third-order valence-electron chi connectivity index (χ3n) is 4.64. The number of fused-ring (bicyclic) bond motifs is 1. The lowest BCUT2D eigenvalue weighted by Crippen LogP contribution is -2.30. The summed E-state index contributed by atoms with van der Waals surface area (Å²) < 4.78 is 49.5. The van der Waals surface area contributed by atoms with Gasteiger partial charge in [0.2, 0.25) is 9.84 Å². The molecule has 2 aromatic carbocycles. The highest BCUT2D eigenvalue weighted by molar-refractivity contribution is 7.91. The van der Waals surface area contributed by atoms with Crippen molar-refractivity contribution >= 4 is 33.2 Å². The van der Waals surface area contributed by atoms with Gasteiger partial charge in [-0.05, 0) is 36.8 Å². The average Bonchev–Trinajstić information content (AvgIpc) is 2.96. The number of hydrogen-bond donors (Lipinski definition) is 1. The molecule has 0 atom stereocenters. The van der Waals surface area contributed by atoms with Crippen LogP contribution < -0.4 is 5.32 Å². The number of anilines is 1. The zero-order valence-corrected chi connectivity index (χ0v) is 16.7. The summed E-state index contributed by atoms with van der Waals surface area (Å²) in [4.78, 5) is 37.9. The number of para-hydroxylation sites is 1. The summed E-state index contributed by atoms with van der Waals surface area (Å²) in [5.74, 6) is -5.40. The Morgan fingerprint density at radius 1 is 1.07 bits per heavy atom. The molecule has 0 saturated carbocycles. The van der Waals surface area contributed by atoms with Crippen LogP contribution in [-0.4, -0.2) is 43.3 Å². The number of nitrogens with zero attached hydrogens (tertiary/aromatic N) is 1. The van der Waals surface area contributed by atoms with Crippen LogP contribution in [0.3, 0.4) is 0 Å². The van der Waals surface area contributed by atoms with Crippen molar-refractivity contribution in [1.29, 1.82) is 0 Å². The molecule has 2 aromatic rings. The summed E-state index contributed by atoms with van der Waals surface area (Å²) >= 11 is 0. The fraction of sp³-hybridized carbons (Fsp3) is 0.250. The number of alkyl halides is 2. The Hall–Kier alpha value is -3.14. The Morgan fingerprint density at radius 3 is 2.40 bits per heavy atom. The summed E-state index contributed by atoms with van der Waals surface area (Å²) in [6.07, 6.45) is 1.44. The molecule has 10 heteroatoms. The predicted molar refractivity (Wildman–Crippen MR) is 104 cm³/mol. The van der Waals surface area contributed by atoms with Crippen LogP contribution in [-0.2, 0) is 9.84 Å². The van der Waals surface area contributed by atoms with Gasteiger partial charge in [0.15, 0.2) is 0 Å². The lowest BCUT2D eigenvalue weighted by Gasteiger charge is -2.12. The molecule has 0 unspecified atom stereocenters. The molecule has 0 radical (unpaired) electrons. The highest BCUT2D eigenvalue weighted by atomic mass is 32.2. The van der Waals surface area contributed by atoms with Crippen LogP contribution in [0.5, 0.6) is 0 Å². The van der Waals surface area contributed by atoms with Crippen molar-refractivity contribution in [3.8, 4) is 0 Å². The van der Waals surface area contributed by atoms with Gasteiger partial charge in [0, 0.05) is 12.1 Å². The van der Waals surface area contributed by atoms with E-state index in [1.165, 1.54) is 36.4 Å². The van der Waals surface area contributed by atoms with Gasteiger partial charge in [0.05, 0.1) is 21.7 Å². The van der Waals surface area contributed by atoms with Crippen molar-refractivity contribution in [2.24, 2.45) is 0 Å². The Kier molecular flexibility index (Phi) is 5.97. The number of amides is 3. The van der Waals surface area contributed by atoms with Gasteiger partial charge < -0.3 is 5.32 Å². The van der Waals surface area contributed by atoms with E-state index in [-0.39, 0.29) is 28.9 Å². The van der Waals surface area contributed by atoms with Gasteiger partial charge >= 0.3 is 5.76 Å². The molecule has 0 saturated heterocycles. The van der Waals surface area contributed by atoms with Crippen LogP contribution in [0.2, 0.25) is 0 Å².